The van der Waals surface area contributed by atoms with Gasteiger partial charge in [-0.15, -0.1) is 0 Å². The fourth-order valence-corrected chi connectivity index (χ4v) is 5.50. The predicted molar refractivity (Wildman–Crippen MR) is 178 cm³/mol. The molecule has 0 radical (unpaired) electrons. The first kappa shape index (κ1) is 34.2. The third-order valence-electron chi connectivity index (χ3n) is 7.85. The van der Waals surface area contributed by atoms with Gasteiger partial charge in [-0.3, -0.25) is 9.59 Å². The van der Waals surface area contributed by atoms with Crippen molar-refractivity contribution < 1.29 is 22.8 Å². The molecular weight excluding hydrogens is 621 g/mol. The number of aromatic nitrogens is 3. The molecule has 0 atom stereocenters. The fourth-order valence-electron chi connectivity index (χ4n) is 5.50. The third-order valence-corrected chi connectivity index (χ3v) is 7.85. The number of nitrogens with zero attached hydrogens (tertiary/aromatic N) is 3. The number of carbonyl (C=O) groups excluding carboxylic acids is 2. The normalized spacial score (nSPS) is 12.6. The monoisotopic (exact) mass is 658 g/mol. The van der Waals surface area contributed by atoms with Crippen LogP contribution in [0.5, 0.6) is 0 Å². The molecule has 0 unspecified atom stereocenters. The molecular formula is C35H37F3N8O2. The molecule has 2 aromatic heterocycles. The number of amides is 2. The highest BCUT2D eigenvalue weighted by atomic mass is 19.4. The van der Waals surface area contributed by atoms with E-state index in [4.69, 9.17) is 5.73 Å². The van der Waals surface area contributed by atoms with E-state index >= 15 is 0 Å². The summed E-state index contributed by atoms with van der Waals surface area (Å²) >= 11 is 0. The number of anilines is 2. The molecule has 10 nitrogen and oxygen atoms in total. The van der Waals surface area contributed by atoms with Crippen molar-refractivity contribution >= 4 is 23.5 Å². The summed E-state index contributed by atoms with van der Waals surface area (Å²) in [5.74, 6) is 5.62. The Balaban J connectivity index is 1.28. The van der Waals surface area contributed by atoms with Crippen molar-refractivity contribution in [1.82, 2.24) is 30.5 Å². The molecule has 0 fully saturated rings. The molecule has 2 aromatic carbocycles. The van der Waals surface area contributed by atoms with Crippen LogP contribution in [-0.2, 0) is 37.4 Å². The summed E-state index contributed by atoms with van der Waals surface area (Å²) in [5, 5.41) is 11.7. The molecule has 48 heavy (non-hydrogen) atoms. The minimum absolute atomic E-state index is 0.0547. The van der Waals surface area contributed by atoms with E-state index in [-0.39, 0.29) is 36.1 Å². The van der Waals surface area contributed by atoms with Gasteiger partial charge in [-0.2, -0.15) is 13.2 Å². The smallest absolute Gasteiger partial charge is 0.368 e. The van der Waals surface area contributed by atoms with E-state index in [1.54, 1.807) is 30.3 Å². The number of alkyl halides is 3. The number of hydrogen-bond acceptors (Lipinski definition) is 7. The van der Waals surface area contributed by atoms with Crippen molar-refractivity contribution in [3.63, 3.8) is 0 Å². The van der Waals surface area contributed by atoms with Crippen LogP contribution in [0.3, 0.4) is 0 Å². The van der Waals surface area contributed by atoms with Crippen LogP contribution < -0.4 is 27.0 Å². The zero-order chi connectivity index (χ0) is 34.3. The lowest BCUT2D eigenvalue weighted by molar-refractivity contribution is -0.138. The standard InChI is InChI=1S/C35H37F3N8O2/c1-3-12-40-14-15-41-20-24-9-10-26(18-28(24)35(36,37)38)44-31(47)17-23-6-4-5-22(16-23)7-8-25-21-43-34(39)45-32(25)30-19-27-29(46(30)2)11-13-42-33(27)48/h4-6,9-10,16,18-19,21,40-41H,3,11-15,17,20H2,1-2H3,(H,42,48)(H,44,47)(H2,39,43,45). The first-order chi connectivity index (χ1) is 23.0. The molecule has 0 saturated carbocycles. The Kier molecular flexibility index (Phi) is 10.8. The largest absolute Gasteiger partial charge is 0.416 e. The van der Waals surface area contributed by atoms with Gasteiger partial charge in [0.05, 0.1) is 28.8 Å². The minimum Gasteiger partial charge on any atom is -0.368 e. The molecule has 0 spiro atoms. The molecule has 1 aliphatic rings. The molecule has 1 aliphatic heterocycles. The number of hydrogen-bond donors (Lipinski definition) is 5. The highest BCUT2D eigenvalue weighted by Crippen LogP contribution is 2.34. The summed E-state index contributed by atoms with van der Waals surface area (Å²) in [6.45, 7) is 4.68. The average molecular weight is 659 g/mol. The number of nitrogens with one attached hydrogen (secondary N) is 4. The summed E-state index contributed by atoms with van der Waals surface area (Å²) in [4.78, 5) is 33.8. The number of nitrogens with two attached hydrogens (primary N) is 1. The average Bonchev–Trinajstić information content (AvgIpc) is 3.39. The number of fused-ring (bicyclic) bond motifs is 1. The summed E-state index contributed by atoms with van der Waals surface area (Å²) in [7, 11) is 1.86. The van der Waals surface area contributed by atoms with Crippen LogP contribution in [0.2, 0.25) is 0 Å². The molecule has 3 heterocycles. The van der Waals surface area contributed by atoms with Gasteiger partial charge in [-0.05, 0) is 54.4 Å². The summed E-state index contributed by atoms with van der Waals surface area (Å²) in [6, 6.07) is 12.6. The zero-order valence-corrected chi connectivity index (χ0v) is 26.7. The van der Waals surface area contributed by atoms with Gasteiger partial charge in [-0.1, -0.05) is 37.0 Å². The Morgan fingerprint density at radius 2 is 1.90 bits per heavy atom. The lowest BCUT2D eigenvalue weighted by Gasteiger charge is -2.16. The quantitative estimate of drug-likeness (QED) is 0.121. The van der Waals surface area contributed by atoms with Gasteiger partial charge in [-0.25, -0.2) is 9.97 Å². The lowest BCUT2D eigenvalue weighted by Crippen LogP contribution is -2.31. The summed E-state index contributed by atoms with van der Waals surface area (Å²) in [5.41, 5.74) is 9.65. The molecule has 4 aromatic rings. The number of carbonyl (C=O) groups is 2. The number of benzene rings is 2. The highest BCUT2D eigenvalue weighted by Gasteiger charge is 2.33. The van der Waals surface area contributed by atoms with Crippen LogP contribution in [-0.4, -0.2) is 52.5 Å². The van der Waals surface area contributed by atoms with Crippen molar-refractivity contribution in [3.8, 4) is 23.2 Å². The maximum absolute atomic E-state index is 13.9. The second kappa shape index (κ2) is 15.1. The minimum atomic E-state index is -4.57. The first-order valence-electron chi connectivity index (χ1n) is 15.7. The second-order valence-corrected chi connectivity index (χ2v) is 11.4. The van der Waals surface area contributed by atoms with Gasteiger partial charge < -0.3 is 31.6 Å². The van der Waals surface area contributed by atoms with Crippen LogP contribution in [0.25, 0.3) is 11.4 Å². The van der Waals surface area contributed by atoms with E-state index in [0.29, 0.717) is 59.7 Å². The van der Waals surface area contributed by atoms with Crippen LogP contribution in [0.15, 0.2) is 54.7 Å². The van der Waals surface area contributed by atoms with Gasteiger partial charge in [0.1, 0.15) is 5.69 Å². The third kappa shape index (κ3) is 8.39. The summed E-state index contributed by atoms with van der Waals surface area (Å²) in [6.07, 6.45) is -1.46. The van der Waals surface area contributed by atoms with E-state index in [1.807, 2.05) is 18.5 Å². The lowest BCUT2D eigenvalue weighted by atomic mass is 10.0. The highest BCUT2D eigenvalue weighted by molar-refractivity contribution is 5.98. The van der Waals surface area contributed by atoms with E-state index in [1.165, 1.54) is 18.3 Å². The van der Waals surface area contributed by atoms with Crippen LogP contribution in [0.4, 0.5) is 24.8 Å². The predicted octanol–water partition coefficient (Wildman–Crippen LogP) is 4.04. The van der Waals surface area contributed by atoms with E-state index in [0.717, 1.165) is 24.7 Å². The zero-order valence-electron chi connectivity index (χ0n) is 26.7. The SMILES string of the molecule is CCCNCCNCc1ccc(NC(=O)Cc2cccc(C#Cc3cnc(N)nc3-c3cc4c(n3C)CCNC4=O)c2)cc1C(F)(F)F. The van der Waals surface area contributed by atoms with E-state index < -0.39 is 17.6 Å². The van der Waals surface area contributed by atoms with E-state index in [9.17, 15) is 22.8 Å². The molecule has 250 valence electrons. The molecule has 0 aliphatic carbocycles. The first-order valence-corrected chi connectivity index (χ1v) is 15.7. The van der Waals surface area contributed by atoms with Gasteiger partial charge >= 0.3 is 6.18 Å². The van der Waals surface area contributed by atoms with Crippen molar-refractivity contribution in [2.24, 2.45) is 7.05 Å². The van der Waals surface area contributed by atoms with Crippen LogP contribution in [0, 0.1) is 11.8 Å². The van der Waals surface area contributed by atoms with Crippen LogP contribution >= 0.6 is 0 Å². The Labute approximate surface area is 276 Å². The molecule has 13 heteroatoms. The van der Waals surface area contributed by atoms with E-state index in [2.05, 4.69) is 43.1 Å². The number of halogens is 3. The Hall–Kier alpha value is -5.19. The number of rotatable bonds is 11. The van der Waals surface area contributed by atoms with Gasteiger partial charge in [0.2, 0.25) is 11.9 Å². The Bertz CT molecular complexity index is 1870. The topological polar surface area (TPSA) is 139 Å². The molecule has 6 N–H and O–H groups in total. The van der Waals surface area contributed by atoms with Crippen molar-refractivity contribution in [2.45, 2.75) is 38.9 Å². The van der Waals surface area contributed by atoms with Crippen LogP contribution in [0.1, 0.15) is 57.2 Å². The number of nitrogen functional groups attached to an aromatic ring is 1. The second-order valence-electron chi connectivity index (χ2n) is 11.4. The maximum Gasteiger partial charge on any atom is 0.416 e. The molecule has 5 rings (SSSR count). The van der Waals surface area contributed by atoms with Crippen molar-refractivity contribution in [1.29, 1.82) is 0 Å². The molecule has 0 saturated heterocycles. The maximum atomic E-state index is 13.9. The fraction of sp³-hybridized carbons (Fsp3) is 0.314. The van der Waals surface area contributed by atoms with Gasteiger partial charge in [0.15, 0.2) is 0 Å². The van der Waals surface area contributed by atoms with Gasteiger partial charge in [0.25, 0.3) is 5.91 Å². The molecule has 0 bridgehead atoms. The van der Waals surface area contributed by atoms with Gasteiger partial charge in [0, 0.05) is 62.8 Å². The van der Waals surface area contributed by atoms with Crippen molar-refractivity contribution in [3.05, 3.63) is 93.8 Å². The Morgan fingerprint density at radius 3 is 2.67 bits per heavy atom. The van der Waals surface area contributed by atoms with Crippen molar-refractivity contribution in [2.75, 3.05) is 37.2 Å². The Morgan fingerprint density at radius 1 is 1.08 bits per heavy atom. The summed E-state index contributed by atoms with van der Waals surface area (Å²) < 4.78 is 43.5. The molecule has 2 amide bonds.